The second kappa shape index (κ2) is 13.1. The van der Waals surface area contributed by atoms with E-state index in [4.69, 9.17) is 13.7 Å². The van der Waals surface area contributed by atoms with Crippen molar-refractivity contribution in [2.75, 3.05) is 18.0 Å². The van der Waals surface area contributed by atoms with Crippen molar-refractivity contribution in [3.63, 3.8) is 0 Å². The number of carbonyl (C=O) groups excluding carboxylic acids is 1. The number of aromatic nitrogens is 1. The highest BCUT2D eigenvalue weighted by Crippen LogP contribution is 2.40. The summed E-state index contributed by atoms with van der Waals surface area (Å²) in [6.45, 7) is 12.1. The number of anilines is 1. The molecule has 1 amide bonds. The van der Waals surface area contributed by atoms with Crippen LogP contribution in [0.25, 0.3) is 11.0 Å². The lowest BCUT2D eigenvalue weighted by Crippen LogP contribution is -2.66. The number of carbonyl (C=O) groups is 1. The molecule has 0 radical (unpaired) electrons. The zero-order valence-corrected chi connectivity index (χ0v) is 28.7. The number of hydrogen-bond acceptors (Lipinski definition) is 7. The van der Waals surface area contributed by atoms with Crippen molar-refractivity contribution in [3.05, 3.63) is 106 Å². The van der Waals surface area contributed by atoms with Crippen molar-refractivity contribution < 1.29 is 22.9 Å². The van der Waals surface area contributed by atoms with E-state index in [1.165, 1.54) is 0 Å². The maximum absolute atomic E-state index is 16.8. The highest BCUT2D eigenvalue weighted by Gasteiger charge is 2.50. The van der Waals surface area contributed by atoms with E-state index in [0.29, 0.717) is 36.3 Å². The summed E-state index contributed by atoms with van der Waals surface area (Å²) >= 11 is 1.55. The van der Waals surface area contributed by atoms with Gasteiger partial charge in [0.25, 0.3) is 14.2 Å². The number of amides is 1. The van der Waals surface area contributed by atoms with Gasteiger partial charge in [0.05, 0.1) is 36.4 Å². The van der Waals surface area contributed by atoms with Crippen LogP contribution in [0.4, 0.5) is 10.1 Å². The fraction of sp³-hybridized carbons (Fsp3) is 0.333. The highest BCUT2D eigenvalue weighted by atomic mass is 32.1. The van der Waals surface area contributed by atoms with E-state index in [1.807, 2.05) is 78.7 Å². The number of hydrogen-bond donors (Lipinski definition) is 1. The Morgan fingerprint density at radius 2 is 1.65 bits per heavy atom. The number of ether oxygens (including phenoxy) is 1. The minimum atomic E-state index is -2.96. The molecular weight excluding hydrogens is 618 g/mol. The van der Waals surface area contributed by atoms with Crippen LogP contribution in [0.5, 0.6) is 0 Å². The molecule has 1 saturated heterocycles. The Hall–Kier alpha value is -3.83. The van der Waals surface area contributed by atoms with Crippen LogP contribution in [0, 0.1) is 5.82 Å². The molecule has 1 N–H and O–H groups in total. The van der Waals surface area contributed by atoms with E-state index in [0.717, 1.165) is 15.3 Å². The first-order valence-electron chi connectivity index (χ1n) is 15.6. The smallest absolute Gasteiger partial charge is 0.274 e. The van der Waals surface area contributed by atoms with Crippen LogP contribution >= 0.6 is 11.3 Å². The molecule has 2 unspecified atom stereocenters. The molecule has 0 aliphatic carbocycles. The number of rotatable bonds is 9. The number of morpholine rings is 1. The van der Waals surface area contributed by atoms with Crippen molar-refractivity contribution >= 4 is 52.6 Å². The molecule has 0 bridgehead atoms. The average Bonchev–Trinajstić information content (AvgIpc) is 3.71. The second-order valence-electron chi connectivity index (χ2n) is 13.0. The standard InChI is InChI=1S/C36H40FN3O4SSi/c1-24-21-40(22-25(2)43-24)33-26(19-30-32(39-44-34(30)31(33)37)35(41)38-20-27-13-12-18-45-27)23-42-46(36(3,4)5,28-14-8-6-9-15-28)29-16-10-7-11-17-29/h6-19,24-25H,20-23H2,1-5H3,(H,38,41). The van der Waals surface area contributed by atoms with Crippen LogP contribution in [0.3, 0.4) is 0 Å². The first kappa shape index (κ1) is 32.1. The van der Waals surface area contributed by atoms with Gasteiger partial charge in [0.1, 0.15) is 0 Å². The summed E-state index contributed by atoms with van der Waals surface area (Å²) in [6.07, 6.45) is -0.199. The summed E-state index contributed by atoms with van der Waals surface area (Å²) in [5.74, 6) is -0.976. The zero-order valence-electron chi connectivity index (χ0n) is 26.9. The second-order valence-corrected chi connectivity index (χ2v) is 18.3. The molecule has 1 fully saturated rings. The van der Waals surface area contributed by atoms with Crippen LogP contribution in [0.15, 0.2) is 88.8 Å². The van der Waals surface area contributed by atoms with Gasteiger partial charge in [0, 0.05) is 23.5 Å². The SMILES string of the molecule is CC1CN(c2c(CO[Si](c3ccccc3)(c3ccccc3)C(C)(C)C)cc3c(C(=O)NCc4cccs4)noc3c2F)CC(C)O1. The first-order valence-corrected chi connectivity index (χ1v) is 18.4. The molecule has 2 atom stereocenters. The Kier molecular flexibility index (Phi) is 9.16. The van der Waals surface area contributed by atoms with Gasteiger partial charge in [-0.05, 0) is 46.8 Å². The largest absolute Gasteiger partial charge is 0.403 e. The fourth-order valence-corrected chi connectivity index (χ4v) is 11.8. The first-order chi connectivity index (χ1) is 22.1. The third-order valence-corrected chi connectivity index (χ3v) is 14.4. The average molecular weight is 658 g/mol. The predicted molar refractivity (Wildman–Crippen MR) is 184 cm³/mol. The maximum atomic E-state index is 16.8. The lowest BCUT2D eigenvalue weighted by atomic mass is 10.0. The van der Waals surface area contributed by atoms with Crippen molar-refractivity contribution in [2.45, 2.75) is 65.0 Å². The van der Waals surface area contributed by atoms with E-state index >= 15 is 4.39 Å². The molecule has 240 valence electrons. The van der Waals surface area contributed by atoms with Crippen LogP contribution < -0.4 is 20.6 Å². The molecule has 2 aromatic heterocycles. The number of fused-ring (bicyclic) bond motifs is 1. The number of nitrogens with one attached hydrogen (secondary N) is 1. The van der Waals surface area contributed by atoms with Crippen molar-refractivity contribution in [2.24, 2.45) is 0 Å². The Morgan fingerprint density at radius 3 is 2.22 bits per heavy atom. The molecule has 3 aromatic carbocycles. The molecular formula is C36H40FN3O4SSi. The van der Waals surface area contributed by atoms with E-state index < -0.39 is 20.0 Å². The Labute approximate surface area is 274 Å². The lowest BCUT2D eigenvalue weighted by Gasteiger charge is -2.43. The molecule has 7 nitrogen and oxygen atoms in total. The van der Waals surface area contributed by atoms with E-state index in [1.54, 1.807) is 11.3 Å². The lowest BCUT2D eigenvalue weighted by molar-refractivity contribution is -0.00549. The van der Waals surface area contributed by atoms with Crippen LogP contribution in [-0.4, -0.2) is 44.7 Å². The van der Waals surface area contributed by atoms with Crippen molar-refractivity contribution in [3.8, 4) is 0 Å². The summed E-state index contributed by atoms with van der Waals surface area (Å²) < 4.78 is 35.6. The Bertz CT molecular complexity index is 1740. The van der Waals surface area contributed by atoms with Gasteiger partial charge in [-0.3, -0.25) is 4.79 Å². The van der Waals surface area contributed by atoms with Gasteiger partial charge in [-0.15, -0.1) is 11.3 Å². The molecule has 0 saturated carbocycles. The predicted octanol–water partition coefficient (Wildman–Crippen LogP) is 6.65. The highest BCUT2D eigenvalue weighted by molar-refractivity contribution is 7.09. The normalized spacial score (nSPS) is 17.4. The monoisotopic (exact) mass is 657 g/mol. The van der Waals surface area contributed by atoms with Crippen LogP contribution in [0.1, 0.15) is 55.5 Å². The molecule has 46 heavy (non-hydrogen) atoms. The molecule has 1 aliphatic heterocycles. The number of nitrogens with zero attached hydrogens (tertiary/aromatic N) is 2. The molecule has 1 aliphatic rings. The van der Waals surface area contributed by atoms with Gasteiger partial charge in [0.15, 0.2) is 11.5 Å². The summed E-state index contributed by atoms with van der Waals surface area (Å²) in [7, 11) is -2.96. The Morgan fingerprint density at radius 1 is 1.02 bits per heavy atom. The van der Waals surface area contributed by atoms with Gasteiger partial charge < -0.3 is 23.9 Å². The quantitative estimate of drug-likeness (QED) is 0.179. The topological polar surface area (TPSA) is 76.8 Å². The fourth-order valence-electron chi connectivity index (χ4n) is 6.67. The molecule has 5 aromatic rings. The molecule has 10 heteroatoms. The van der Waals surface area contributed by atoms with Gasteiger partial charge in [-0.1, -0.05) is 92.7 Å². The molecule has 0 spiro atoms. The van der Waals surface area contributed by atoms with E-state index in [-0.39, 0.29) is 35.1 Å². The van der Waals surface area contributed by atoms with Crippen molar-refractivity contribution in [1.82, 2.24) is 10.5 Å². The summed E-state index contributed by atoms with van der Waals surface area (Å²) in [5.41, 5.74) is 1.04. The Balaban J connectivity index is 1.47. The minimum absolute atomic E-state index is 0.0442. The van der Waals surface area contributed by atoms with Gasteiger partial charge in [-0.2, -0.15) is 0 Å². The van der Waals surface area contributed by atoms with Gasteiger partial charge in [-0.25, -0.2) is 4.39 Å². The summed E-state index contributed by atoms with van der Waals surface area (Å²) in [6, 6.07) is 26.4. The maximum Gasteiger partial charge on any atom is 0.274 e. The molecule has 6 rings (SSSR count). The van der Waals surface area contributed by atoms with Crippen molar-refractivity contribution in [1.29, 1.82) is 0 Å². The number of benzene rings is 3. The van der Waals surface area contributed by atoms with Gasteiger partial charge in [0.2, 0.25) is 5.58 Å². The number of thiophene rings is 1. The summed E-state index contributed by atoms with van der Waals surface area (Å²) in [4.78, 5) is 16.3. The van der Waals surface area contributed by atoms with E-state index in [9.17, 15) is 4.79 Å². The third-order valence-electron chi connectivity index (χ3n) is 8.57. The minimum Gasteiger partial charge on any atom is -0.403 e. The molecule has 3 heterocycles. The van der Waals surface area contributed by atoms with Gasteiger partial charge >= 0.3 is 0 Å². The third kappa shape index (κ3) is 6.14. The zero-order chi connectivity index (χ0) is 32.5. The van der Waals surface area contributed by atoms with E-state index in [2.05, 4.69) is 55.5 Å². The van der Waals surface area contributed by atoms with Crippen LogP contribution in [-0.2, 0) is 22.3 Å². The number of halogens is 1. The summed E-state index contributed by atoms with van der Waals surface area (Å²) in [5, 5.41) is 11.2. The van der Waals surface area contributed by atoms with Crippen LogP contribution in [0.2, 0.25) is 5.04 Å².